The van der Waals surface area contributed by atoms with Gasteiger partial charge in [-0.1, -0.05) is 11.8 Å². The van der Waals surface area contributed by atoms with Crippen LogP contribution < -0.4 is 15.0 Å². The van der Waals surface area contributed by atoms with Crippen LogP contribution in [0.1, 0.15) is 23.2 Å². The van der Waals surface area contributed by atoms with Gasteiger partial charge in [-0.05, 0) is 37.1 Å². The molecule has 10 nitrogen and oxygen atoms in total. The van der Waals surface area contributed by atoms with E-state index >= 15 is 0 Å². The second-order valence-corrected chi connectivity index (χ2v) is 8.46. The molecule has 4 rings (SSSR count). The molecule has 3 heterocycles. The normalized spacial score (nSPS) is 18.5. The molecule has 1 atom stereocenters. The molecule has 32 heavy (non-hydrogen) atoms. The Labute approximate surface area is 190 Å². The highest BCUT2D eigenvalue weighted by atomic mass is 32.2. The second-order valence-electron chi connectivity index (χ2n) is 7.52. The first-order valence-electron chi connectivity index (χ1n) is 10.6. The van der Waals surface area contributed by atoms with E-state index in [0.717, 1.165) is 38.5 Å². The summed E-state index contributed by atoms with van der Waals surface area (Å²) in [5, 5.41) is 11.8. The van der Waals surface area contributed by atoms with Crippen molar-refractivity contribution in [2.45, 2.75) is 30.6 Å². The molecular weight excluding hydrogens is 434 g/mol. The van der Waals surface area contributed by atoms with Crippen LogP contribution in [-0.4, -0.2) is 78.5 Å². The second kappa shape index (κ2) is 10.8. The SMILES string of the molecule is COc1ccc(C(=O)NC(=O)CSc2nnc(N3CCOCC3)n2CC2CCCO2)cc1. The van der Waals surface area contributed by atoms with Gasteiger partial charge in [0.1, 0.15) is 5.75 Å². The topological polar surface area (TPSA) is 108 Å². The number of methoxy groups -OCH3 is 1. The van der Waals surface area contributed by atoms with Gasteiger partial charge in [-0.15, -0.1) is 10.2 Å². The van der Waals surface area contributed by atoms with Gasteiger partial charge in [0, 0.05) is 25.3 Å². The van der Waals surface area contributed by atoms with Gasteiger partial charge >= 0.3 is 0 Å². The molecule has 11 heteroatoms. The fraction of sp³-hybridized carbons (Fsp3) is 0.524. The average Bonchev–Trinajstić information content (AvgIpc) is 3.49. The number of carbonyl (C=O) groups excluding carboxylic acids is 2. The minimum absolute atomic E-state index is 0.0503. The maximum absolute atomic E-state index is 12.4. The van der Waals surface area contributed by atoms with Crippen LogP contribution >= 0.6 is 11.8 Å². The number of rotatable bonds is 8. The molecule has 2 aliphatic heterocycles. The summed E-state index contributed by atoms with van der Waals surface area (Å²) in [5.74, 6) is 0.615. The highest BCUT2D eigenvalue weighted by Crippen LogP contribution is 2.25. The third-order valence-electron chi connectivity index (χ3n) is 5.34. The Bertz CT molecular complexity index is 923. The average molecular weight is 462 g/mol. The molecule has 2 aromatic rings. The van der Waals surface area contributed by atoms with E-state index < -0.39 is 11.8 Å². The van der Waals surface area contributed by atoms with Crippen LogP contribution in [0.5, 0.6) is 5.75 Å². The molecule has 0 aliphatic carbocycles. The minimum atomic E-state index is -0.451. The van der Waals surface area contributed by atoms with Crippen molar-refractivity contribution in [3.63, 3.8) is 0 Å². The first-order valence-corrected chi connectivity index (χ1v) is 11.6. The number of hydrogen-bond acceptors (Lipinski definition) is 9. The van der Waals surface area contributed by atoms with Crippen molar-refractivity contribution in [1.82, 2.24) is 20.1 Å². The van der Waals surface area contributed by atoms with E-state index in [2.05, 4.69) is 20.4 Å². The highest BCUT2D eigenvalue weighted by molar-refractivity contribution is 7.99. The van der Waals surface area contributed by atoms with Gasteiger partial charge in [0.25, 0.3) is 5.91 Å². The molecular formula is C21H27N5O5S. The number of aromatic nitrogens is 3. The van der Waals surface area contributed by atoms with Crippen LogP contribution in [0.25, 0.3) is 0 Å². The summed E-state index contributed by atoms with van der Waals surface area (Å²) in [6, 6.07) is 6.58. The Balaban J connectivity index is 1.39. The van der Waals surface area contributed by atoms with Crippen LogP contribution in [0.3, 0.4) is 0 Å². The molecule has 0 bridgehead atoms. The molecule has 1 unspecified atom stereocenters. The lowest BCUT2D eigenvalue weighted by Crippen LogP contribution is -2.38. The summed E-state index contributed by atoms with van der Waals surface area (Å²) in [4.78, 5) is 26.9. The quantitative estimate of drug-likeness (QED) is 0.583. The van der Waals surface area contributed by atoms with Crippen LogP contribution in [0.15, 0.2) is 29.4 Å². The van der Waals surface area contributed by atoms with Crippen molar-refractivity contribution in [2.24, 2.45) is 0 Å². The third kappa shape index (κ3) is 5.59. The molecule has 2 aliphatic rings. The maximum atomic E-state index is 12.4. The van der Waals surface area contributed by atoms with Crippen molar-refractivity contribution < 1.29 is 23.8 Å². The van der Waals surface area contributed by atoms with E-state index in [1.807, 2.05) is 4.57 Å². The van der Waals surface area contributed by atoms with Crippen molar-refractivity contribution in [3.8, 4) is 5.75 Å². The monoisotopic (exact) mass is 461 g/mol. The molecule has 1 aromatic heterocycles. The zero-order chi connectivity index (χ0) is 22.3. The zero-order valence-electron chi connectivity index (χ0n) is 18.0. The third-order valence-corrected chi connectivity index (χ3v) is 6.31. The number of anilines is 1. The Hall–Kier alpha value is -2.63. The molecule has 172 valence electrons. The first-order chi connectivity index (χ1) is 15.6. The van der Waals surface area contributed by atoms with Crippen LogP contribution in [0.4, 0.5) is 5.95 Å². The molecule has 2 fully saturated rings. The number of thioether (sulfide) groups is 1. The molecule has 0 spiro atoms. The number of ether oxygens (including phenoxy) is 3. The van der Waals surface area contributed by atoms with Gasteiger partial charge in [-0.3, -0.25) is 19.5 Å². The molecule has 1 aromatic carbocycles. The standard InChI is InChI=1S/C21H27N5O5S/c1-29-16-6-4-15(5-7-16)19(28)22-18(27)14-32-21-24-23-20(25-8-11-30-12-9-25)26(21)13-17-3-2-10-31-17/h4-7,17H,2-3,8-14H2,1H3,(H,22,27,28). The van der Waals surface area contributed by atoms with Crippen molar-refractivity contribution in [2.75, 3.05) is 50.7 Å². The summed E-state index contributed by atoms with van der Waals surface area (Å²) in [6.45, 7) is 4.17. The molecule has 0 saturated carbocycles. The number of carbonyl (C=O) groups is 2. The van der Waals surface area contributed by atoms with Crippen molar-refractivity contribution in [3.05, 3.63) is 29.8 Å². The highest BCUT2D eigenvalue weighted by Gasteiger charge is 2.25. The first kappa shape index (κ1) is 22.6. The zero-order valence-corrected chi connectivity index (χ0v) is 18.8. The molecule has 0 radical (unpaired) electrons. The van der Waals surface area contributed by atoms with Crippen LogP contribution in [0, 0.1) is 0 Å². The van der Waals surface area contributed by atoms with E-state index in [4.69, 9.17) is 14.2 Å². The van der Waals surface area contributed by atoms with Gasteiger partial charge in [0.05, 0.1) is 38.7 Å². The molecule has 1 N–H and O–H groups in total. The number of nitrogens with zero attached hydrogens (tertiary/aromatic N) is 4. The Kier molecular flexibility index (Phi) is 7.61. The van der Waals surface area contributed by atoms with Gasteiger partial charge in [0.15, 0.2) is 5.16 Å². The van der Waals surface area contributed by atoms with E-state index in [1.165, 1.54) is 11.8 Å². The number of amides is 2. The van der Waals surface area contributed by atoms with E-state index in [1.54, 1.807) is 31.4 Å². The lowest BCUT2D eigenvalue weighted by atomic mass is 10.2. The Morgan fingerprint density at radius 1 is 1.19 bits per heavy atom. The smallest absolute Gasteiger partial charge is 0.257 e. The number of nitrogens with one attached hydrogen (secondary N) is 1. The lowest BCUT2D eigenvalue weighted by Gasteiger charge is -2.28. The van der Waals surface area contributed by atoms with Crippen molar-refractivity contribution >= 4 is 29.5 Å². The van der Waals surface area contributed by atoms with E-state index in [0.29, 0.717) is 36.2 Å². The van der Waals surface area contributed by atoms with Gasteiger partial charge < -0.3 is 19.1 Å². The Morgan fingerprint density at radius 3 is 2.66 bits per heavy atom. The summed E-state index contributed by atoms with van der Waals surface area (Å²) >= 11 is 1.26. The van der Waals surface area contributed by atoms with Crippen LogP contribution in [-0.2, 0) is 20.8 Å². The van der Waals surface area contributed by atoms with Gasteiger partial charge in [-0.25, -0.2) is 0 Å². The fourth-order valence-corrected chi connectivity index (χ4v) is 4.39. The fourth-order valence-electron chi connectivity index (χ4n) is 3.64. The predicted molar refractivity (Wildman–Crippen MR) is 118 cm³/mol. The predicted octanol–water partition coefficient (Wildman–Crippen LogP) is 1.35. The lowest BCUT2D eigenvalue weighted by molar-refractivity contribution is -0.117. The molecule has 2 amide bonds. The van der Waals surface area contributed by atoms with Gasteiger partial charge in [-0.2, -0.15) is 0 Å². The maximum Gasteiger partial charge on any atom is 0.257 e. The summed E-state index contributed by atoms with van der Waals surface area (Å²) in [7, 11) is 1.55. The van der Waals surface area contributed by atoms with Gasteiger partial charge in [0.2, 0.25) is 11.9 Å². The number of hydrogen-bond donors (Lipinski definition) is 1. The number of morpholine rings is 1. The van der Waals surface area contributed by atoms with Crippen molar-refractivity contribution in [1.29, 1.82) is 0 Å². The number of benzene rings is 1. The van der Waals surface area contributed by atoms with E-state index in [-0.39, 0.29) is 11.9 Å². The number of imide groups is 1. The van der Waals surface area contributed by atoms with E-state index in [9.17, 15) is 9.59 Å². The summed E-state index contributed by atoms with van der Waals surface area (Å²) in [5.41, 5.74) is 0.389. The summed E-state index contributed by atoms with van der Waals surface area (Å²) in [6.07, 6.45) is 2.13. The Morgan fingerprint density at radius 2 is 1.97 bits per heavy atom. The minimum Gasteiger partial charge on any atom is -0.497 e. The van der Waals surface area contributed by atoms with Crippen LogP contribution in [0.2, 0.25) is 0 Å². The largest absolute Gasteiger partial charge is 0.497 e. The summed E-state index contributed by atoms with van der Waals surface area (Å²) < 4.78 is 18.4. The molecule has 2 saturated heterocycles.